The third kappa shape index (κ3) is 5.28. The van der Waals surface area contributed by atoms with E-state index >= 15 is 0 Å². The van der Waals surface area contributed by atoms with Gasteiger partial charge in [-0.3, -0.25) is 4.99 Å². The molecule has 6 nitrogen and oxygen atoms in total. The van der Waals surface area contributed by atoms with E-state index in [1.165, 1.54) is 25.7 Å². The summed E-state index contributed by atoms with van der Waals surface area (Å²) in [5.41, 5.74) is 6.48. The number of carbonyl (C=O) groups is 1. The number of carbonyl (C=O) groups excluding carboxylic acids is 1. The second-order valence-electron chi connectivity index (χ2n) is 7.76. The monoisotopic (exact) mass is 338 g/mol. The zero-order valence-electron chi connectivity index (χ0n) is 15.5. The van der Waals surface area contributed by atoms with Crippen molar-refractivity contribution in [3.05, 3.63) is 0 Å². The van der Waals surface area contributed by atoms with Crippen molar-refractivity contribution < 1.29 is 9.53 Å². The van der Waals surface area contributed by atoms with Gasteiger partial charge in [-0.05, 0) is 50.4 Å². The van der Waals surface area contributed by atoms with Crippen LogP contribution < -0.4 is 11.1 Å². The van der Waals surface area contributed by atoms with Gasteiger partial charge in [0.1, 0.15) is 0 Å². The Balaban J connectivity index is 1.74. The van der Waals surface area contributed by atoms with Crippen LogP contribution in [0.1, 0.15) is 59.3 Å². The SMILES string of the molecule is CCOC(=O)N1CCC(NC(N)=NCC2(CC(C)C)CCC2)CC1. The number of guanidine groups is 1. The van der Waals surface area contributed by atoms with E-state index < -0.39 is 0 Å². The van der Waals surface area contributed by atoms with Crippen LogP contribution in [-0.4, -0.2) is 49.2 Å². The fraction of sp³-hybridized carbons (Fsp3) is 0.889. The number of nitrogens with zero attached hydrogens (tertiary/aromatic N) is 2. The lowest BCUT2D eigenvalue weighted by Crippen LogP contribution is -2.49. The van der Waals surface area contributed by atoms with Gasteiger partial charge >= 0.3 is 6.09 Å². The molecule has 0 unspecified atom stereocenters. The lowest BCUT2D eigenvalue weighted by molar-refractivity contribution is 0.0962. The Morgan fingerprint density at radius 3 is 2.54 bits per heavy atom. The summed E-state index contributed by atoms with van der Waals surface area (Å²) in [5, 5.41) is 3.33. The molecule has 0 radical (unpaired) electrons. The minimum atomic E-state index is -0.210. The van der Waals surface area contributed by atoms with E-state index in [4.69, 9.17) is 10.5 Å². The summed E-state index contributed by atoms with van der Waals surface area (Å²) in [6.45, 7) is 9.07. The van der Waals surface area contributed by atoms with Crippen LogP contribution in [0.3, 0.4) is 0 Å². The van der Waals surface area contributed by atoms with Crippen LogP contribution >= 0.6 is 0 Å². The first-order valence-electron chi connectivity index (χ1n) is 9.42. The summed E-state index contributed by atoms with van der Waals surface area (Å²) in [5.74, 6) is 1.27. The van der Waals surface area contributed by atoms with Crippen LogP contribution in [0.2, 0.25) is 0 Å². The van der Waals surface area contributed by atoms with Gasteiger partial charge < -0.3 is 20.7 Å². The predicted octanol–water partition coefficient (Wildman–Crippen LogP) is 2.73. The molecule has 6 heteroatoms. The molecule has 1 heterocycles. The van der Waals surface area contributed by atoms with Crippen molar-refractivity contribution >= 4 is 12.1 Å². The van der Waals surface area contributed by atoms with Crippen LogP contribution in [-0.2, 0) is 4.74 Å². The second kappa shape index (κ2) is 8.58. The van der Waals surface area contributed by atoms with Crippen LogP contribution in [0, 0.1) is 11.3 Å². The number of nitrogens with two attached hydrogens (primary N) is 1. The van der Waals surface area contributed by atoms with Crippen molar-refractivity contribution in [1.29, 1.82) is 0 Å². The minimum absolute atomic E-state index is 0.210. The van der Waals surface area contributed by atoms with Crippen molar-refractivity contribution in [3.8, 4) is 0 Å². The summed E-state index contributed by atoms with van der Waals surface area (Å²) >= 11 is 0. The molecule has 138 valence electrons. The Morgan fingerprint density at radius 2 is 2.04 bits per heavy atom. The van der Waals surface area contributed by atoms with Crippen molar-refractivity contribution in [3.63, 3.8) is 0 Å². The number of likely N-dealkylation sites (tertiary alicyclic amines) is 1. The Labute approximate surface area is 146 Å². The van der Waals surface area contributed by atoms with Crippen molar-refractivity contribution in [2.75, 3.05) is 26.2 Å². The number of nitrogens with one attached hydrogen (secondary N) is 1. The van der Waals surface area contributed by atoms with Gasteiger partial charge in [-0.15, -0.1) is 0 Å². The normalized spacial score (nSPS) is 21.5. The van der Waals surface area contributed by atoms with E-state index in [9.17, 15) is 4.79 Å². The Hall–Kier alpha value is -1.46. The fourth-order valence-corrected chi connectivity index (χ4v) is 3.90. The molecule has 0 aromatic carbocycles. The number of amides is 1. The van der Waals surface area contributed by atoms with Gasteiger partial charge in [0.05, 0.1) is 6.61 Å². The molecule has 2 aliphatic rings. The van der Waals surface area contributed by atoms with E-state index in [0.717, 1.165) is 19.4 Å². The maximum absolute atomic E-state index is 11.7. The predicted molar refractivity (Wildman–Crippen MR) is 97.0 cm³/mol. The standard InChI is InChI=1S/C18H34N4O2/c1-4-24-17(23)22-10-6-15(7-11-22)21-16(19)20-13-18(8-5-9-18)12-14(2)3/h14-15H,4-13H2,1-3H3,(H3,19,20,21). The number of piperidine rings is 1. The van der Waals surface area contributed by atoms with Gasteiger partial charge in [-0.25, -0.2) is 4.79 Å². The van der Waals surface area contributed by atoms with Crippen LogP contribution in [0.15, 0.2) is 4.99 Å². The first kappa shape index (κ1) is 18.9. The first-order chi connectivity index (χ1) is 11.4. The lowest BCUT2D eigenvalue weighted by Gasteiger charge is -2.42. The molecule has 0 atom stereocenters. The topological polar surface area (TPSA) is 80.0 Å². The fourth-order valence-electron chi connectivity index (χ4n) is 3.90. The van der Waals surface area contributed by atoms with Gasteiger partial charge in [0.15, 0.2) is 5.96 Å². The van der Waals surface area contributed by atoms with Crippen molar-refractivity contribution in [1.82, 2.24) is 10.2 Å². The van der Waals surface area contributed by atoms with E-state index in [1.807, 2.05) is 6.92 Å². The minimum Gasteiger partial charge on any atom is -0.450 e. The smallest absolute Gasteiger partial charge is 0.409 e. The average Bonchev–Trinajstić information content (AvgIpc) is 2.50. The molecule has 0 aromatic heterocycles. The number of aliphatic imine (C=N–C) groups is 1. The highest BCUT2D eigenvalue weighted by atomic mass is 16.6. The highest BCUT2D eigenvalue weighted by molar-refractivity contribution is 5.78. The summed E-state index contributed by atoms with van der Waals surface area (Å²) in [4.78, 5) is 18.1. The molecular weight excluding hydrogens is 304 g/mol. The molecule has 0 spiro atoms. The van der Waals surface area contributed by atoms with Crippen LogP contribution in [0.5, 0.6) is 0 Å². The maximum Gasteiger partial charge on any atom is 0.409 e. The van der Waals surface area contributed by atoms with Crippen molar-refractivity contribution in [2.45, 2.75) is 65.3 Å². The summed E-state index contributed by atoms with van der Waals surface area (Å²) < 4.78 is 5.04. The van der Waals surface area contributed by atoms with Gasteiger partial charge in [-0.1, -0.05) is 20.3 Å². The van der Waals surface area contributed by atoms with Crippen LogP contribution in [0.4, 0.5) is 4.79 Å². The van der Waals surface area contributed by atoms with Gasteiger partial charge in [-0.2, -0.15) is 0 Å². The van der Waals surface area contributed by atoms with E-state index in [1.54, 1.807) is 4.90 Å². The molecule has 2 fully saturated rings. The number of ether oxygens (including phenoxy) is 1. The molecule has 2 rings (SSSR count). The molecule has 24 heavy (non-hydrogen) atoms. The van der Waals surface area contributed by atoms with Gasteiger partial charge in [0.2, 0.25) is 0 Å². The third-order valence-electron chi connectivity index (χ3n) is 5.21. The zero-order chi connectivity index (χ0) is 17.6. The first-order valence-corrected chi connectivity index (χ1v) is 9.42. The molecule has 1 amide bonds. The molecule has 0 bridgehead atoms. The van der Waals surface area contributed by atoms with Crippen LogP contribution in [0.25, 0.3) is 0 Å². The maximum atomic E-state index is 11.7. The zero-order valence-corrected chi connectivity index (χ0v) is 15.5. The molecule has 3 N–H and O–H groups in total. The highest BCUT2D eigenvalue weighted by Gasteiger charge is 2.37. The largest absolute Gasteiger partial charge is 0.450 e. The summed E-state index contributed by atoms with van der Waals surface area (Å²) in [7, 11) is 0. The lowest BCUT2D eigenvalue weighted by atomic mass is 9.64. The molecule has 1 saturated carbocycles. The summed E-state index contributed by atoms with van der Waals surface area (Å²) in [6, 6.07) is 0.293. The summed E-state index contributed by atoms with van der Waals surface area (Å²) in [6.07, 6.45) is 6.67. The molecule has 0 aromatic rings. The average molecular weight is 338 g/mol. The quantitative estimate of drug-likeness (QED) is 0.576. The number of hydrogen-bond acceptors (Lipinski definition) is 3. The molecule has 1 aliphatic heterocycles. The Bertz CT molecular complexity index is 438. The van der Waals surface area contributed by atoms with Crippen molar-refractivity contribution in [2.24, 2.45) is 22.1 Å². The molecular formula is C18H34N4O2. The molecule has 1 aliphatic carbocycles. The molecule has 1 saturated heterocycles. The number of rotatable bonds is 6. The number of hydrogen-bond donors (Lipinski definition) is 2. The van der Waals surface area contributed by atoms with E-state index in [0.29, 0.717) is 43.0 Å². The van der Waals surface area contributed by atoms with Gasteiger partial charge in [0, 0.05) is 25.7 Å². The third-order valence-corrected chi connectivity index (χ3v) is 5.21. The Kier molecular flexibility index (Phi) is 6.75. The Morgan fingerprint density at radius 1 is 1.38 bits per heavy atom. The highest BCUT2D eigenvalue weighted by Crippen LogP contribution is 2.46. The van der Waals surface area contributed by atoms with Gasteiger partial charge in [0.25, 0.3) is 0 Å². The van der Waals surface area contributed by atoms with E-state index in [2.05, 4.69) is 24.2 Å². The van der Waals surface area contributed by atoms with E-state index in [-0.39, 0.29) is 6.09 Å². The second-order valence-corrected chi connectivity index (χ2v) is 7.76.